The summed E-state index contributed by atoms with van der Waals surface area (Å²) < 4.78 is 6.62. The molecule has 3 aliphatic carbocycles. The van der Waals surface area contributed by atoms with Crippen molar-refractivity contribution in [1.29, 1.82) is 0 Å². The summed E-state index contributed by atoms with van der Waals surface area (Å²) >= 11 is 0. The second kappa shape index (κ2) is 12.6. The van der Waals surface area contributed by atoms with E-state index < -0.39 is 0 Å². The van der Waals surface area contributed by atoms with Gasteiger partial charge in [-0.25, -0.2) is 9.97 Å². The van der Waals surface area contributed by atoms with Gasteiger partial charge in [0.1, 0.15) is 11.2 Å². The van der Waals surface area contributed by atoms with E-state index in [2.05, 4.69) is 188 Å². The molecule has 2 aromatic heterocycles. The second-order valence-electron chi connectivity index (χ2n) is 15.2. The molecular weight excluding hydrogens is 693 g/mol. The van der Waals surface area contributed by atoms with E-state index in [1.54, 1.807) is 0 Å². The van der Waals surface area contributed by atoms with E-state index in [0.29, 0.717) is 11.7 Å². The Bertz CT molecular complexity index is 3250. The molecule has 0 radical (unpaired) electrons. The normalized spacial score (nSPS) is 15.2. The quantitative estimate of drug-likeness (QED) is 0.177. The number of benzene rings is 7. The Morgan fingerprint density at radius 3 is 2.05 bits per heavy atom. The molecule has 0 bridgehead atoms. The van der Waals surface area contributed by atoms with Gasteiger partial charge in [-0.15, -0.1) is 0 Å². The molecule has 0 N–H and O–H groups in total. The monoisotopic (exact) mass is 726 g/mol. The SMILES string of the molecule is C1=CC2=C(c3cc(-c4ccc(-c5ccc6oc7c8cccc9c8c(cc7c6c5)-c5ccccc5-9)cc4)nc(-c4ccccc4-c4ccccc4)n3)C=CCC2C=C1. The minimum atomic E-state index is 0.350. The van der Waals surface area contributed by atoms with Crippen LogP contribution in [0, 0.1) is 5.92 Å². The summed E-state index contributed by atoms with van der Waals surface area (Å²) in [7, 11) is 0. The summed E-state index contributed by atoms with van der Waals surface area (Å²) in [5.41, 5.74) is 17.9. The molecule has 0 fully saturated rings. The first-order valence-corrected chi connectivity index (χ1v) is 19.7. The lowest BCUT2D eigenvalue weighted by molar-refractivity contribution is 0.673. The average Bonchev–Trinajstić information content (AvgIpc) is 3.82. The highest BCUT2D eigenvalue weighted by atomic mass is 16.3. The molecule has 3 aliphatic rings. The lowest BCUT2D eigenvalue weighted by Crippen LogP contribution is -2.08. The lowest BCUT2D eigenvalue weighted by Gasteiger charge is -2.23. The summed E-state index contributed by atoms with van der Waals surface area (Å²) in [5.74, 6) is 1.07. The van der Waals surface area contributed by atoms with Crippen LogP contribution in [0.15, 0.2) is 198 Å². The van der Waals surface area contributed by atoms with Crippen molar-refractivity contribution in [3.05, 3.63) is 199 Å². The van der Waals surface area contributed by atoms with Gasteiger partial charge in [0.05, 0.1) is 11.4 Å². The lowest BCUT2D eigenvalue weighted by atomic mass is 9.83. The number of hydrogen-bond acceptors (Lipinski definition) is 3. The standard InChI is InChI=1S/C54H34N2O/c1-2-12-34(13-3-1)39-17-6-9-20-44(39)54-55-49(32-50(56-54)42-21-10-15-35-14-4-5-16-38(35)42)36-26-24-33(25-27-36)37-28-29-51-46(30-37)48-31-47-41-19-8-7-18-40(41)43-22-11-23-45(52(43)47)53(48)57-51/h1-14,16-32,35H,15H2. The van der Waals surface area contributed by atoms with Gasteiger partial charge in [0, 0.05) is 44.2 Å². The first kappa shape index (κ1) is 31.9. The van der Waals surface area contributed by atoms with Crippen molar-refractivity contribution >= 4 is 38.3 Å². The van der Waals surface area contributed by atoms with E-state index >= 15 is 0 Å². The van der Waals surface area contributed by atoms with Crippen LogP contribution in [0.2, 0.25) is 0 Å². The summed E-state index contributed by atoms with van der Waals surface area (Å²) in [6, 6.07) is 54.2. The van der Waals surface area contributed by atoms with Gasteiger partial charge in [-0.05, 0) is 80.8 Å². The zero-order valence-electron chi connectivity index (χ0n) is 31.0. The van der Waals surface area contributed by atoms with Crippen molar-refractivity contribution in [2.24, 2.45) is 5.92 Å². The van der Waals surface area contributed by atoms with Gasteiger partial charge in [-0.1, -0.05) is 164 Å². The van der Waals surface area contributed by atoms with Crippen molar-refractivity contribution in [1.82, 2.24) is 9.97 Å². The molecule has 0 saturated heterocycles. The molecule has 12 rings (SSSR count). The van der Waals surface area contributed by atoms with Gasteiger partial charge >= 0.3 is 0 Å². The molecule has 266 valence electrons. The van der Waals surface area contributed by atoms with Gasteiger partial charge in [0.2, 0.25) is 0 Å². The zero-order valence-corrected chi connectivity index (χ0v) is 31.0. The molecule has 0 spiro atoms. The first-order chi connectivity index (χ1) is 28.2. The highest BCUT2D eigenvalue weighted by Crippen LogP contribution is 2.51. The summed E-state index contributed by atoms with van der Waals surface area (Å²) in [5, 5.41) is 4.72. The van der Waals surface area contributed by atoms with Crippen molar-refractivity contribution in [3.8, 4) is 67.2 Å². The number of nitrogens with zero attached hydrogens (tertiary/aromatic N) is 2. The van der Waals surface area contributed by atoms with E-state index in [-0.39, 0.29) is 0 Å². The fourth-order valence-corrected chi connectivity index (χ4v) is 9.25. The van der Waals surface area contributed by atoms with Crippen LogP contribution in [0.25, 0.3) is 105 Å². The van der Waals surface area contributed by atoms with Crippen LogP contribution in [-0.4, -0.2) is 9.97 Å². The van der Waals surface area contributed by atoms with E-state index in [0.717, 1.165) is 78.7 Å². The predicted octanol–water partition coefficient (Wildman–Crippen LogP) is 14.3. The molecule has 7 aromatic carbocycles. The topological polar surface area (TPSA) is 38.9 Å². The Morgan fingerprint density at radius 2 is 1.19 bits per heavy atom. The van der Waals surface area contributed by atoms with Crippen LogP contribution < -0.4 is 0 Å². The smallest absolute Gasteiger partial charge is 0.161 e. The minimum absolute atomic E-state index is 0.350. The molecule has 3 nitrogen and oxygen atoms in total. The molecule has 0 aliphatic heterocycles. The summed E-state index contributed by atoms with van der Waals surface area (Å²) in [6.07, 6.45) is 14.3. The summed E-state index contributed by atoms with van der Waals surface area (Å²) in [6.45, 7) is 0. The highest BCUT2D eigenvalue weighted by Gasteiger charge is 2.25. The molecule has 0 amide bonds. The van der Waals surface area contributed by atoms with Gasteiger partial charge in [0.25, 0.3) is 0 Å². The van der Waals surface area contributed by atoms with Crippen molar-refractivity contribution in [2.75, 3.05) is 0 Å². The third-order valence-corrected chi connectivity index (χ3v) is 12.0. The predicted molar refractivity (Wildman–Crippen MR) is 235 cm³/mol. The molecule has 2 heterocycles. The highest BCUT2D eigenvalue weighted by molar-refractivity contribution is 6.26. The van der Waals surface area contributed by atoms with E-state index in [9.17, 15) is 0 Å². The molecule has 57 heavy (non-hydrogen) atoms. The maximum absolute atomic E-state index is 6.62. The zero-order chi connectivity index (χ0) is 37.5. The number of rotatable bonds is 5. The molecule has 1 unspecified atom stereocenters. The van der Waals surface area contributed by atoms with Crippen LogP contribution in [0.1, 0.15) is 12.1 Å². The van der Waals surface area contributed by atoms with Gasteiger partial charge in [-0.3, -0.25) is 0 Å². The Balaban J connectivity index is 0.975. The number of aromatic nitrogens is 2. The number of allylic oxidation sites excluding steroid dienone is 8. The fourth-order valence-electron chi connectivity index (χ4n) is 9.25. The maximum atomic E-state index is 6.62. The summed E-state index contributed by atoms with van der Waals surface area (Å²) in [4.78, 5) is 10.6. The Kier molecular flexibility index (Phi) is 7.05. The Morgan fingerprint density at radius 1 is 0.474 bits per heavy atom. The second-order valence-corrected chi connectivity index (χ2v) is 15.2. The van der Waals surface area contributed by atoms with Crippen LogP contribution in [0.4, 0.5) is 0 Å². The third-order valence-electron chi connectivity index (χ3n) is 12.0. The van der Waals surface area contributed by atoms with Crippen molar-refractivity contribution in [2.45, 2.75) is 6.42 Å². The number of hydrogen-bond donors (Lipinski definition) is 0. The number of fused-ring (bicyclic) bond motifs is 8. The third kappa shape index (κ3) is 5.06. The van der Waals surface area contributed by atoms with Crippen LogP contribution in [0.3, 0.4) is 0 Å². The van der Waals surface area contributed by atoms with Crippen LogP contribution in [-0.2, 0) is 0 Å². The van der Waals surface area contributed by atoms with Gasteiger partial charge < -0.3 is 4.42 Å². The van der Waals surface area contributed by atoms with Crippen molar-refractivity contribution < 1.29 is 4.42 Å². The molecule has 9 aromatic rings. The Labute approximate surface area is 330 Å². The fraction of sp³-hybridized carbons (Fsp3) is 0.0370. The number of furan rings is 1. The molecule has 1 atom stereocenters. The molecule has 0 saturated carbocycles. The van der Waals surface area contributed by atoms with Crippen molar-refractivity contribution in [3.63, 3.8) is 0 Å². The van der Waals surface area contributed by atoms with E-state index in [4.69, 9.17) is 14.4 Å². The molecule has 3 heteroatoms. The van der Waals surface area contributed by atoms with E-state index in [1.807, 2.05) is 0 Å². The Hall–Kier alpha value is -7.36. The van der Waals surface area contributed by atoms with E-state index in [1.165, 1.54) is 38.6 Å². The van der Waals surface area contributed by atoms with Gasteiger partial charge in [-0.2, -0.15) is 0 Å². The minimum Gasteiger partial charge on any atom is -0.455 e. The average molecular weight is 727 g/mol. The van der Waals surface area contributed by atoms with Crippen LogP contribution >= 0.6 is 0 Å². The first-order valence-electron chi connectivity index (χ1n) is 19.7. The maximum Gasteiger partial charge on any atom is 0.161 e. The van der Waals surface area contributed by atoms with Crippen LogP contribution in [0.5, 0.6) is 0 Å². The van der Waals surface area contributed by atoms with Gasteiger partial charge in [0.15, 0.2) is 5.82 Å². The largest absolute Gasteiger partial charge is 0.455 e. The molecular formula is C54H34N2O.